The average molecular weight is 436 g/mol. The summed E-state index contributed by atoms with van der Waals surface area (Å²) < 4.78 is 7.09. The molecule has 4 heteroatoms. The first-order valence-electron chi connectivity index (χ1n) is 7.39. The van der Waals surface area contributed by atoms with Crippen LogP contribution in [0.4, 0.5) is 0 Å². The predicted molar refractivity (Wildman–Crippen MR) is 100 cm³/mol. The second-order valence-corrected chi connectivity index (χ2v) is 7.90. The topological polar surface area (TPSA) is 26.3 Å². The number of aldehydes is 1. The van der Waals surface area contributed by atoms with E-state index in [1.807, 2.05) is 43.3 Å². The molecule has 0 saturated carbocycles. The third-order valence-corrected chi connectivity index (χ3v) is 4.94. The SMILES string of the molecule is Cc1ccccc1C1=C(C(C)Br)Oc2ccc(Br)cc2C1C=O. The standard InChI is InChI=1S/C19H16Br2O2/c1-11-5-3-4-6-14(11)18-16(10-22)15-9-13(21)7-8-17(15)23-19(18)12(2)20/h3-10,12,16H,1-2H3. The Morgan fingerprint density at radius 2 is 1.96 bits per heavy atom. The molecule has 118 valence electrons. The number of fused-ring (bicyclic) bond motifs is 1. The van der Waals surface area contributed by atoms with E-state index in [9.17, 15) is 4.79 Å². The lowest BCUT2D eigenvalue weighted by Crippen LogP contribution is -2.20. The van der Waals surface area contributed by atoms with Gasteiger partial charge in [-0.3, -0.25) is 0 Å². The highest BCUT2D eigenvalue weighted by molar-refractivity contribution is 9.10. The minimum atomic E-state index is -0.340. The first-order chi connectivity index (χ1) is 11.0. The molecule has 0 saturated heterocycles. The first kappa shape index (κ1) is 16.5. The smallest absolute Gasteiger partial charge is 0.132 e. The van der Waals surface area contributed by atoms with Gasteiger partial charge in [0.1, 0.15) is 17.8 Å². The van der Waals surface area contributed by atoms with Crippen LogP contribution in [0.25, 0.3) is 5.57 Å². The molecule has 1 aliphatic rings. The predicted octanol–water partition coefficient (Wildman–Crippen LogP) is 5.63. The fourth-order valence-corrected chi connectivity index (χ4v) is 3.67. The van der Waals surface area contributed by atoms with Gasteiger partial charge in [0.15, 0.2) is 0 Å². The van der Waals surface area contributed by atoms with Crippen molar-refractivity contribution >= 4 is 43.7 Å². The van der Waals surface area contributed by atoms with Crippen LogP contribution in [0.5, 0.6) is 5.75 Å². The monoisotopic (exact) mass is 434 g/mol. The molecular weight excluding hydrogens is 420 g/mol. The first-order valence-corrected chi connectivity index (χ1v) is 9.10. The minimum Gasteiger partial charge on any atom is -0.460 e. The summed E-state index contributed by atoms with van der Waals surface area (Å²) in [7, 11) is 0. The maximum absolute atomic E-state index is 12.0. The van der Waals surface area contributed by atoms with E-state index in [0.717, 1.165) is 44.5 Å². The van der Waals surface area contributed by atoms with Crippen LogP contribution in [-0.4, -0.2) is 11.1 Å². The van der Waals surface area contributed by atoms with Crippen LogP contribution in [0.2, 0.25) is 0 Å². The highest BCUT2D eigenvalue weighted by Crippen LogP contribution is 2.46. The lowest BCUT2D eigenvalue weighted by Gasteiger charge is -2.30. The number of aryl methyl sites for hydroxylation is 1. The Kier molecular flexibility index (Phi) is 4.74. The number of hydrogen-bond donors (Lipinski definition) is 0. The molecule has 23 heavy (non-hydrogen) atoms. The van der Waals surface area contributed by atoms with E-state index in [0.29, 0.717) is 0 Å². The lowest BCUT2D eigenvalue weighted by atomic mass is 9.82. The quantitative estimate of drug-likeness (QED) is 0.461. The van der Waals surface area contributed by atoms with Crippen molar-refractivity contribution in [2.75, 3.05) is 0 Å². The maximum atomic E-state index is 12.0. The van der Waals surface area contributed by atoms with Crippen LogP contribution in [0.1, 0.15) is 29.5 Å². The van der Waals surface area contributed by atoms with Crippen molar-refractivity contribution in [1.29, 1.82) is 0 Å². The van der Waals surface area contributed by atoms with Gasteiger partial charge in [-0.15, -0.1) is 0 Å². The summed E-state index contributed by atoms with van der Waals surface area (Å²) in [5.74, 6) is 1.20. The van der Waals surface area contributed by atoms with Gasteiger partial charge in [-0.2, -0.15) is 0 Å². The molecule has 0 aliphatic carbocycles. The normalized spacial score (nSPS) is 18.2. The summed E-state index contributed by atoms with van der Waals surface area (Å²) in [6.07, 6.45) is 1.00. The molecule has 1 aliphatic heterocycles. The van der Waals surface area contributed by atoms with Gasteiger partial charge in [0.25, 0.3) is 0 Å². The number of ether oxygens (including phenoxy) is 1. The molecule has 0 amide bonds. The van der Waals surface area contributed by atoms with E-state index in [1.54, 1.807) is 0 Å². The number of halogens is 2. The van der Waals surface area contributed by atoms with Gasteiger partial charge in [0, 0.05) is 15.6 Å². The third-order valence-electron chi connectivity index (χ3n) is 4.04. The molecular formula is C19H16Br2O2. The van der Waals surface area contributed by atoms with Gasteiger partial charge in [0.2, 0.25) is 0 Å². The Labute approximate surface area is 152 Å². The maximum Gasteiger partial charge on any atom is 0.132 e. The van der Waals surface area contributed by atoms with E-state index < -0.39 is 0 Å². The molecule has 0 N–H and O–H groups in total. The molecule has 3 rings (SSSR count). The van der Waals surface area contributed by atoms with Crippen molar-refractivity contribution in [2.24, 2.45) is 0 Å². The number of alkyl halides is 1. The highest BCUT2D eigenvalue weighted by Gasteiger charge is 2.32. The zero-order valence-electron chi connectivity index (χ0n) is 12.8. The number of hydrogen-bond acceptors (Lipinski definition) is 2. The number of allylic oxidation sites excluding steroid dienone is 2. The highest BCUT2D eigenvalue weighted by atomic mass is 79.9. The van der Waals surface area contributed by atoms with Crippen LogP contribution in [0.3, 0.4) is 0 Å². The molecule has 2 nitrogen and oxygen atoms in total. The van der Waals surface area contributed by atoms with Gasteiger partial charge in [-0.25, -0.2) is 0 Å². The zero-order chi connectivity index (χ0) is 16.6. The second kappa shape index (κ2) is 6.62. The minimum absolute atomic E-state index is 0.0105. The molecule has 0 radical (unpaired) electrons. The van der Waals surface area contributed by atoms with Crippen molar-refractivity contribution in [3.8, 4) is 5.75 Å². The average Bonchev–Trinajstić information content (AvgIpc) is 2.53. The second-order valence-electron chi connectivity index (χ2n) is 5.61. The molecule has 2 atom stereocenters. The summed E-state index contributed by atoms with van der Waals surface area (Å²) >= 11 is 7.10. The molecule has 2 aromatic rings. The largest absolute Gasteiger partial charge is 0.460 e. The van der Waals surface area contributed by atoms with Crippen LogP contribution in [0.15, 0.2) is 52.7 Å². The molecule has 2 unspecified atom stereocenters. The molecule has 0 aromatic heterocycles. The fourth-order valence-electron chi connectivity index (χ4n) is 2.95. The number of rotatable bonds is 3. The van der Waals surface area contributed by atoms with Gasteiger partial charge in [-0.05, 0) is 43.2 Å². The van der Waals surface area contributed by atoms with Crippen molar-refractivity contribution in [3.63, 3.8) is 0 Å². The number of carbonyl (C=O) groups is 1. The molecule has 0 fully saturated rings. The van der Waals surface area contributed by atoms with E-state index >= 15 is 0 Å². The van der Waals surface area contributed by atoms with Crippen LogP contribution in [-0.2, 0) is 4.79 Å². The Bertz CT molecular complexity index is 794. The van der Waals surface area contributed by atoms with E-state index in [4.69, 9.17) is 4.74 Å². The van der Waals surface area contributed by atoms with Crippen LogP contribution >= 0.6 is 31.9 Å². The van der Waals surface area contributed by atoms with E-state index in [1.165, 1.54) is 0 Å². The molecule has 0 spiro atoms. The molecule has 2 aromatic carbocycles. The van der Waals surface area contributed by atoms with Gasteiger partial charge < -0.3 is 9.53 Å². The summed E-state index contributed by atoms with van der Waals surface area (Å²) in [5, 5.41) is 0. The number of carbonyl (C=O) groups excluding carboxylic acids is 1. The van der Waals surface area contributed by atoms with E-state index in [2.05, 4.69) is 44.8 Å². The third kappa shape index (κ3) is 3.02. The Morgan fingerprint density at radius 3 is 2.61 bits per heavy atom. The Balaban J connectivity index is 2.27. The van der Waals surface area contributed by atoms with Crippen molar-refractivity contribution in [2.45, 2.75) is 24.6 Å². The fraction of sp³-hybridized carbons (Fsp3) is 0.211. The van der Waals surface area contributed by atoms with Crippen molar-refractivity contribution in [3.05, 3.63) is 69.4 Å². The van der Waals surface area contributed by atoms with Gasteiger partial charge >= 0.3 is 0 Å². The lowest BCUT2D eigenvalue weighted by molar-refractivity contribution is -0.108. The van der Waals surface area contributed by atoms with Crippen molar-refractivity contribution in [1.82, 2.24) is 0 Å². The van der Waals surface area contributed by atoms with Gasteiger partial charge in [-0.1, -0.05) is 56.1 Å². The molecule has 0 bridgehead atoms. The summed E-state index contributed by atoms with van der Waals surface area (Å²) in [6, 6.07) is 13.9. The van der Waals surface area contributed by atoms with Crippen molar-refractivity contribution < 1.29 is 9.53 Å². The Morgan fingerprint density at radius 1 is 1.22 bits per heavy atom. The molecule has 1 heterocycles. The number of benzene rings is 2. The van der Waals surface area contributed by atoms with Crippen LogP contribution in [0, 0.1) is 6.92 Å². The van der Waals surface area contributed by atoms with Crippen LogP contribution < -0.4 is 4.74 Å². The van der Waals surface area contributed by atoms with E-state index in [-0.39, 0.29) is 10.7 Å². The van der Waals surface area contributed by atoms with Gasteiger partial charge in [0.05, 0.1) is 10.7 Å². The zero-order valence-corrected chi connectivity index (χ0v) is 16.0. The Hall–Kier alpha value is -1.39. The summed E-state index contributed by atoms with van der Waals surface area (Å²) in [6.45, 7) is 4.07. The summed E-state index contributed by atoms with van der Waals surface area (Å²) in [5.41, 5.74) is 4.01. The summed E-state index contributed by atoms with van der Waals surface area (Å²) in [4.78, 5) is 12.0.